The van der Waals surface area contributed by atoms with Crippen LogP contribution in [0, 0.1) is 0 Å². The predicted octanol–water partition coefficient (Wildman–Crippen LogP) is 0.414. The van der Waals surface area contributed by atoms with Gasteiger partial charge >= 0.3 is 5.97 Å². The number of ether oxygens (including phenoxy) is 4. The number of rotatable bonds is 8. The number of hydrogen-bond donors (Lipinski definition) is 3. The van der Waals surface area contributed by atoms with Gasteiger partial charge in [-0.15, -0.1) is 12.6 Å². The first-order valence-corrected chi connectivity index (χ1v) is 6.42. The second-order valence-corrected chi connectivity index (χ2v) is 3.05. The predicted molar refractivity (Wildman–Crippen MR) is 83.4 cm³/mol. The molecular weight excluding hydrogens is 308 g/mol. The maximum absolute atomic E-state index is 10.3. The normalized spacial score (nSPS) is 7.85. The summed E-state index contributed by atoms with van der Waals surface area (Å²) in [4.78, 5) is 19.5. The van der Waals surface area contributed by atoms with Gasteiger partial charge in [-0.05, 0) is 0 Å². The smallest absolute Gasteiger partial charge is 0.315 e. The van der Waals surface area contributed by atoms with Crippen LogP contribution in [0.5, 0.6) is 0 Å². The number of hydrogen-bond acceptors (Lipinski definition) is 9. The SMILES string of the molecule is C.COCCO.COCCOC(=O)CS.O=COCS. The van der Waals surface area contributed by atoms with Crippen molar-refractivity contribution in [3.63, 3.8) is 0 Å². The highest BCUT2D eigenvalue weighted by Crippen LogP contribution is 1.81. The molecule has 0 saturated heterocycles. The number of aliphatic hydroxyl groups is 1. The van der Waals surface area contributed by atoms with Crippen molar-refractivity contribution in [1.29, 1.82) is 0 Å². The molecule has 9 heteroatoms. The van der Waals surface area contributed by atoms with Crippen molar-refractivity contribution in [3.8, 4) is 0 Å². The Hall–Kier alpha value is -0.480. The van der Waals surface area contributed by atoms with Gasteiger partial charge in [0, 0.05) is 14.2 Å². The first kappa shape index (κ1) is 27.8. The lowest BCUT2D eigenvalue weighted by Crippen LogP contribution is -2.10. The molecule has 0 aromatic heterocycles. The van der Waals surface area contributed by atoms with Crippen LogP contribution in [0.15, 0.2) is 0 Å². The quantitative estimate of drug-likeness (QED) is 0.195. The Morgan fingerprint density at radius 1 is 1.15 bits per heavy atom. The molecule has 124 valence electrons. The molecule has 0 aliphatic rings. The van der Waals surface area contributed by atoms with Crippen molar-refractivity contribution in [1.82, 2.24) is 0 Å². The van der Waals surface area contributed by atoms with Gasteiger partial charge in [0.05, 0.1) is 25.6 Å². The van der Waals surface area contributed by atoms with Gasteiger partial charge in [0.1, 0.15) is 12.5 Å². The third-order valence-corrected chi connectivity index (χ3v) is 1.52. The molecule has 0 saturated carbocycles. The van der Waals surface area contributed by atoms with E-state index < -0.39 is 0 Å². The number of carbonyl (C=O) groups excluding carboxylic acids is 2. The van der Waals surface area contributed by atoms with Crippen LogP contribution in [-0.2, 0) is 28.5 Å². The zero-order chi connectivity index (χ0) is 15.4. The number of carbonyl (C=O) groups is 2. The van der Waals surface area contributed by atoms with E-state index in [9.17, 15) is 4.79 Å². The summed E-state index contributed by atoms with van der Waals surface area (Å²) in [6, 6.07) is 0. The van der Waals surface area contributed by atoms with Crippen LogP contribution in [0.25, 0.3) is 0 Å². The third-order valence-electron chi connectivity index (χ3n) is 1.12. The van der Waals surface area contributed by atoms with Gasteiger partial charge in [-0.25, -0.2) is 0 Å². The fraction of sp³-hybridized carbons (Fsp3) is 0.818. The highest BCUT2D eigenvalue weighted by molar-refractivity contribution is 7.81. The fourth-order valence-corrected chi connectivity index (χ4v) is 0.558. The molecule has 0 bridgehead atoms. The van der Waals surface area contributed by atoms with Crippen molar-refractivity contribution in [2.45, 2.75) is 7.43 Å². The number of esters is 1. The summed E-state index contributed by atoms with van der Waals surface area (Å²) in [6.45, 7) is 1.68. The topological polar surface area (TPSA) is 91.3 Å². The van der Waals surface area contributed by atoms with Gasteiger partial charge in [-0.2, -0.15) is 12.6 Å². The van der Waals surface area contributed by atoms with Crippen LogP contribution in [-0.4, -0.2) is 69.9 Å². The van der Waals surface area contributed by atoms with E-state index in [1.807, 2.05) is 0 Å². The second-order valence-electron chi connectivity index (χ2n) is 2.48. The first-order chi connectivity index (χ1) is 9.14. The van der Waals surface area contributed by atoms with E-state index in [0.717, 1.165) is 0 Å². The maximum Gasteiger partial charge on any atom is 0.315 e. The van der Waals surface area contributed by atoms with E-state index in [0.29, 0.717) is 26.3 Å². The van der Waals surface area contributed by atoms with E-state index in [2.05, 4.69) is 44.2 Å². The lowest BCUT2D eigenvalue weighted by atomic mass is 10.7. The summed E-state index contributed by atoms with van der Waals surface area (Å²) in [6.07, 6.45) is 0. The van der Waals surface area contributed by atoms with Crippen LogP contribution in [0.4, 0.5) is 0 Å². The van der Waals surface area contributed by atoms with Gasteiger partial charge in [0.15, 0.2) is 0 Å². The van der Waals surface area contributed by atoms with Crippen LogP contribution in [0.2, 0.25) is 0 Å². The van der Waals surface area contributed by atoms with E-state index in [-0.39, 0.29) is 31.7 Å². The lowest BCUT2D eigenvalue weighted by Gasteiger charge is -1.99. The lowest BCUT2D eigenvalue weighted by molar-refractivity contribution is -0.141. The van der Waals surface area contributed by atoms with Crippen molar-refractivity contribution < 1.29 is 33.6 Å². The second kappa shape index (κ2) is 31.1. The molecule has 0 heterocycles. The average molecular weight is 334 g/mol. The highest BCUT2D eigenvalue weighted by Gasteiger charge is 1.95. The van der Waals surface area contributed by atoms with Crippen molar-refractivity contribution >= 4 is 37.7 Å². The summed E-state index contributed by atoms with van der Waals surface area (Å²) < 4.78 is 17.7. The van der Waals surface area contributed by atoms with E-state index >= 15 is 0 Å². The van der Waals surface area contributed by atoms with Gasteiger partial charge in [0.2, 0.25) is 0 Å². The molecule has 7 nitrogen and oxygen atoms in total. The Bertz CT molecular complexity index is 180. The van der Waals surface area contributed by atoms with Crippen molar-refractivity contribution in [2.75, 3.05) is 52.3 Å². The van der Waals surface area contributed by atoms with Crippen molar-refractivity contribution in [3.05, 3.63) is 0 Å². The molecule has 0 radical (unpaired) electrons. The Labute approximate surface area is 131 Å². The Morgan fingerprint density at radius 3 is 1.90 bits per heavy atom. The Morgan fingerprint density at radius 2 is 1.70 bits per heavy atom. The van der Waals surface area contributed by atoms with Crippen molar-refractivity contribution in [2.24, 2.45) is 0 Å². The van der Waals surface area contributed by atoms with Crippen LogP contribution in [0.1, 0.15) is 7.43 Å². The fourth-order valence-electron chi connectivity index (χ4n) is 0.406. The van der Waals surface area contributed by atoms with Crippen LogP contribution in [0.3, 0.4) is 0 Å². The third kappa shape index (κ3) is 43.2. The van der Waals surface area contributed by atoms with Gasteiger partial charge in [-0.1, -0.05) is 7.43 Å². The summed E-state index contributed by atoms with van der Waals surface area (Å²) in [5.74, 6) is -0.0110. The zero-order valence-corrected chi connectivity index (χ0v) is 12.9. The van der Waals surface area contributed by atoms with Crippen LogP contribution >= 0.6 is 25.3 Å². The highest BCUT2D eigenvalue weighted by atomic mass is 32.1. The first-order valence-electron chi connectivity index (χ1n) is 5.15. The number of thiol groups is 2. The standard InChI is InChI=1S/C5H10O3S.C3H8O2.C2H4O2S.CH4/c1-7-2-3-8-5(6)4-9;1-5-3-2-4;3-1-4-2-5;/h9H,2-4H2,1H3;4H,2-3H2,1H3;1,5H,2H2;1H4. The summed E-state index contributed by atoms with van der Waals surface area (Å²) in [5, 5.41) is 7.94. The number of methoxy groups -OCH3 is 2. The summed E-state index contributed by atoms with van der Waals surface area (Å²) in [7, 11) is 3.10. The summed E-state index contributed by atoms with van der Waals surface area (Å²) in [5.41, 5.74) is 0. The molecule has 0 aromatic carbocycles. The van der Waals surface area contributed by atoms with E-state index in [1.165, 1.54) is 0 Å². The minimum atomic E-state index is -0.310. The maximum atomic E-state index is 10.3. The molecule has 0 aliphatic heterocycles. The van der Waals surface area contributed by atoms with Gasteiger partial charge in [0.25, 0.3) is 6.47 Å². The molecule has 1 N–H and O–H groups in total. The minimum Gasteiger partial charge on any atom is -0.463 e. The minimum absolute atomic E-state index is 0. The average Bonchev–Trinajstić information content (AvgIpc) is 2.42. The van der Waals surface area contributed by atoms with Crippen LogP contribution < -0.4 is 0 Å². The van der Waals surface area contributed by atoms with E-state index in [4.69, 9.17) is 9.90 Å². The molecule has 0 rings (SSSR count). The molecule has 0 aliphatic carbocycles. The molecule has 20 heavy (non-hydrogen) atoms. The largest absolute Gasteiger partial charge is 0.463 e. The number of aliphatic hydroxyl groups excluding tert-OH is 1. The molecule has 0 aromatic rings. The van der Waals surface area contributed by atoms with Gasteiger partial charge < -0.3 is 24.1 Å². The molecule has 0 amide bonds. The Kier molecular flexibility index (Phi) is 43.2. The Balaban J connectivity index is -0.000000101. The molecule has 0 unspecified atom stereocenters. The molecule has 0 spiro atoms. The molecular formula is C11H26O7S2. The summed E-state index contributed by atoms with van der Waals surface area (Å²) >= 11 is 7.25. The van der Waals surface area contributed by atoms with E-state index in [1.54, 1.807) is 14.2 Å². The molecule has 0 atom stereocenters. The monoisotopic (exact) mass is 334 g/mol. The van der Waals surface area contributed by atoms with Gasteiger partial charge in [-0.3, -0.25) is 9.59 Å². The zero-order valence-electron chi connectivity index (χ0n) is 11.1. The molecule has 0 fully saturated rings.